The van der Waals surface area contributed by atoms with Crippen LogP contribution in [0.5, 0.6) is 5.75 Å². The molecule has 0 aliphatic heterocycles. The first-order valence-electron chi connectivity index (χ1n) is 6.33. The highest BCUT2D eigenvalue weighted by Gasteiger charge is 2.19. The molecule has 0 saturated heterocycles. The van der Waals surface area contributed by atoms with E-state index in [1.54, 1.807) is 0 Å². The molecular formula is C13H19N3O3S. The third-order valence-corrected chi connectivity index (χ3v) is 4.10. The molecule has 1 rings (SSSR count). The summed E-state index contributed by atoms with van der Waals surface area (Å²) in [6.45, 7) is 3.75. The van der Waals surface area contributed by atoms with Gasteiger partial charge in [-0.3, -0.25) is 0 Å². The van der Waals surface area contributed by atoms with Crippen molar-refractivity contribution in [2.45, 2.75) is 18.2 Å². The minimum atomic E-state index is -3.64. The Hall–Kier alpha value is -1.62. The Balaban J connectivity index is 2.79. The summed E-state index contributed by atoms with van der Waals surface area (Å²) >= 11 is 0. The van der Waals surface area contributed by atoms with Crippen LogP contribution in [0.3, 0.4) is 0 Å². The zero-order valence-corrected chi connectivity index (χ0v) is 12.5. The van der Waals surface area contributed by atoms with Gasteiger partial charge in [-0.2, -0.15) is 5.26 Å². The molecule has 110 valence electrons. The summed E-state index contributed by atoms with van der Waals surface area (Å²) in [7, 11) is -2.27. The monoisotopic (exact) mass is 297 g/mol. The third-order valence-electron chi connectivity index (χ3n) is 2.60. The van der Waals surface area contributed by atoms with Crippen molar-refractivity contribution in [2.75, 3.05) is 26.7 Å². The number of nitrogens with one attached hydrogen (secondary N) is 2. The Morgan fingerprint density at radius 1 is 1.30 bits per heavy atom. The van der Waals surface area contributed by atoms with Crippen LogP contribution in [0.1, 0.15) is 18.9 Å². The fourth-order valence-electron chi connectivity index (χ4n) is 1.61. The Bertz CT molecular complexity index is 579. The molecule has 2 N–H and O–H groups in total. The second kappa shape index (κ2) is 7.85. The number of rotatable bonds is 8. The van der Waals surface area contributed by atoms with Gasteiger partial charge in [0.05, 0.1) is 18.7 Å². The lowest BCUT2D eigenvalue weighted by atomic mass is 10.2. The molecule has 7 heteroatoms. The number of hydrogen-bond donors (Lipinski definition) is 2. The summed E-state index contributed by atoms with van der Waals surface area (Å²) in [4.78, 5) is 0.0366. The van der Waals surface area contributed by atoms with Crippen molar-refractivity contribution in [1.82, 2.24) is 10.0 Å². The summed E-state index contributed by atoms with van der Waals surface area (Å²) in [6, 6.07) is 6.17. The predicted molar refractivity (Wildman–Crippen MR) is 76.1 cm³/mol. The predicted octanol–water partition coefficient (Wildman–Crippen LogP) is 0.845. The van der Waals surface area contributed by atoms with E-state index in [-0.39, 0.29) is 10.6 Å². The molecule has 0 aliphatic carbocycles. The number of hydrogen-bond acceptors (Lipinski definition) is 5. The van der Waals surface area contributed by atoms with Crippen LogP contribution in [0.15, 0.2) is 23.1 Å². The molecule has 6 nitrogen and oxygen atoms in total. The zero-order valence-electron chi connectivity index (χ0n) is 11.6. The lowest BCUT2D eigenvalue weighted by Crippen LogP contribution is -2.32. The van der Waals surface area contributed by atoms with Crippen molar-refractivity contribution in [3.05, 3.63) is 23.8 Å². The molecule has 0 aromatic heterocycles. The van der Waals surface area contributed by atoms with E-state index in [0.29, 0.717) is 18.7 Å². The molecule has 0 atom stereocenters. The molecule has 1 aromatic carbocycles. The summed E-state index contributed by atoms with van der Waals surface area (Å²) < 4.78 is 31.8. The van der Waals surface area contributed by atoms with E-state index in [9.17, 15) is 8.42 Å². The van der Waals surface area contributed by atoms with Gasteiger partial charge in [-0.1, -0.05) is 6.92 Å². The van der Waals surface area contributed by atoms with Crippen LogP contribution >= 0.6 is 0 Å². The standard InChI is InChI=1S/C13H19N3O3S/c1-3-6-15-7-8-16-20(17,18)13-5-4-11(10-14)9-12(13)19-2/h4-5,9,15-16H,3,6-8H2,1-2H3. The normalized spacial score (nSPS) is 11.1. The van der Waals surface area contributed by atoms with Crippen LogP contribution < -0.4 is 14.8 Å². The van der Waals surface area contributed by atoms with Crippen LogP contribution in [0.2, 0.25) is 0 Å². The average Bonchev–Trinajstić information content (AvgIpc) is 2.46. The van der Waals surface area contributed by atoms with Gasteiger partial charge in [0.15, 0.2) is 0 Å². The Kier molecular flexibility index (Phi) is 6.45. The van der Waals surface area contributed by atoms with E-state index in [4.69, 9.17) is 10.00 Å². The Morgan fingerprint density at radius 3 is 2.65 bits per heavy atom. The smallest absolute Gasteiger partial charge is 0.244 e. The lowest BCUT2D eigenvalue weighted by molar-refractivity contribution is 0.402. The summed E-state index contributed by atoms with van der Waals surface area (Å²) in [5.74, 6) is 0.165. The van der Waals surface area contributed by atoms with Gasteiger partial charge < -0.3 is 10.1 Å². The van der Waals surface area contributed by atoms with Crippen molar-refractivity contribution in [3.8, 4) is 11.8 Å². The number of nitriles is 1. The number of benzene rings is 1. The molecule has 0 heterocycles. The molecule has 20 heavy (non-hydrogen) atoms. The van der Waals surface area contributed by atoms with E-state index in [1.807, 2.05) is 13.0 Å². The Labute approximate surface area is 119 Å². The second-order valence-corrected chi connectivity index (χ2v) is 5.86. The van der Waals surface area contributed by atoms with Gasteiger partial charge in [-0.15, -0.1) is 0 Å². The van der Waals surface area contributed by atoms with E-state index in [1.165, 1.54) is 25.3 Å². The first-order valence-corrected chi connectivity index (χ1v) is 7.82. The topological polar surface area (TPSA) is 91.2 Å². The van der Waals surface area contributed by atoms with E-state index in [0.717, 1.165) is 13.0 Å². The SMILES string of the molecule is CCCNCCNS(=O)(=O)c1ccc(C#N)cc1OC. The second-order valence-electron chi connectivity index (χ2n) is 4.13. The van der Waals surface area contributed by atoms with E-state index < -0.39 is 10.0 Å². The number of sulfonamides is 1. The van der Waals surface area contributed by atoms with Crippen LogP contribution in [0, 0.1) is 11.3 Å². The zero-order chi connectivity index (χ0) is 15.0. The summed E-state index contributed by atoms with van der Waals surface area (Å²) in [5.41, 5.74) is 0.352. The van der Waals surface area contributed by atoms with Gasteiger partial charge in [0.2, 0.25) is 10.0 Å². The Morgan fingerprint density at radius 2 is 2.05 bits per heavy atom. The van der Waals surface area contributed by atoms with Crippen LogP contribution in [0.4, 0.5) is 0 Å². The fourth-order valence-corrected chi connectivity index (χ4v) is 2.79. The highest BCUT2D eigenvalue weighted by molar-refractivity contribution is 7.89. The van der Waals surface area contributed by atoms with Crippen LogP contribution in [-0.4, -0.2) is 35.2 Å². The summed E-state index contributed by atoms with van der Waals surface area (Å²) in [5, 5.41) is 11.9. The van der Waals surface area contributed by atoms with E-state index >= 15 is 0 Å². The van der Waals surface area contributed by atoms with Gasteiger partial charge in [0.1, 0.15) is 10.6 Å². The molecule has 0 saturated carbocycles. The van der Waals surface area contributed by atoms with Crippen molar-refractivity contribution < 1.29 is 13.2 Å². The van der Waals surface area contributed by atoms with Gasteiger partial charge in [0.25, 0.3) is 0 Å². The maximum absolute atomic E-state index is 12.1. The molecule has 0 spiro atoms. The largest absolute Gasteiger partial charge is 0.495 e. The quantitative estimate of drug-likeness (QED) is 0.694. The average molecular weight is 297 g/mol. The molecule has 0 amide bonds. The highest BCUT2D eigenvalue weighted by Crippen LogP contribution is 2.24. The molecule has 0 aliphatic rings. The molecule has 0 unspecified atom stereocenters. The first-order chi connectivity index (χ1) is 9.55. The maximum Gasteiger partial charge on any atom is 0.244 e. The highest BCUT2D eigenvalue weighted by atomic mass is 32.2. The van der Waals surface area contributed by atoms with Crippen LogP contribution in [0.25, 0.3) is 0 Å². The van der Waals surface area contributed by atoms with E-state index in [2.05, 4.69) is 10.0 Å². The molecule has 0 bridgehead atoms. The first kappa shape index (κ1) is 16.4. The minimum Gasteiger partial charge on any atom is -0.495 e. The van der Waals surface area contributed by atoms with Crippen molar-refractivity contribution >= 4 is 10.0 Å². The summed E-state index contributed by atoms with van der Waals surface area (Å²) in [6.07, 6.45) is 0.996. The van der Waals surface area contributed by atoms with Gasteiger partial charge in [0, 0.05) is 13.1 Å². The fraction of sp³-hybridized carbons (Fsp3) is 0.462. The molecule has 0 fully saturated rings. The third kappa shape index (κ3) is 4.49. The van der Waals surface area contributed by atoms with Crippen LogP contribution in [-0.2, 0) is 10.0 Å². The van der Waals surface area contributed by atoms with Crippen molar-refractivity contribution in [1.29, 1.82) is 5.26 Å². The number of methoxy groups -OCH3 is 1. The number of ether oxygens (including phenoxy) is 1. The maximum atomic E-state index is 12.1. The molecular weight excluding hydrogens is 278 g/mol. The van der Waals surface area contributed by atoms with Crippen molar-refractivity contribution in [2.24, 2.45) is 0 Å². The van der Waals surface area contributed by atoms with Crippen molar-refractivity contribution in [3.63, 3.8) is 0 Å². The minimum absolute atomic E-state index is 0.0366. The molecule has 1 aromatic rings. The number of nitrogens with zero attached hydrogens (tertiary/aromatic N) is 1. The van der Waals surface area contributed by atoms with Gasteiger partial charge in [-0.05, 0) is 31.2 Å². The van der Waals surface area contributed by atoms with Gasteiger partial charge in [-0.25, -0.2) is 13.1 Å². The molecule has 0 radical (unpaired) electrons. The lowest BCUT2D eigenvalue weighted by Gasteiger charge is -2.11. The van der Waals surface area contributed by atoms with Gasteiger partial charge >= 0.3 is 0 Å².